The lowest BCUT2D eigenvalue weighted by atomic mass is 10.1. The molecule has 0 amide bonds. The third kappa shape index (κ3) is 2.92. The molecule has 2 aromatic carbocycles. The quantitative estimate of drug-likeness (QED) is 0.735. The number of hydrogen-bond donors (Lipinski definition) is 0. The second-order valence-electron chi connectivity index (χ2n) is 5.07. The Labute approximate surface area is 134 Å². The van der Waals surface area contributed by atoms with Crippen molar-refractivity contribution in [1.29, 1.82) is 0 Å². The second kappa shape index (κ2) is 6.12. The third-order valence-electron chi connectivity index (χ3n) is 3.24. The molecule has 0 aliphatic heterocycles. The minimum absolute atomic E-state index is 0.583. The van der Waals surface area contributed by atoms with E-state index in [1.54, 1.807) is 0 Å². The Kier molecular flexibility index (Phi) is 4.02. The summed E-state index contributed by atoms with van der Waals surface area (Å²) in [5, 5.41) is 9.33. The van der Waals surface area contributed by atoms with E-state index in [1.165, 1.54) is 0 Å². The first-order chi connectivity index (χ1) is 10.6. The Morgan fingerprint density at radius 3 is 2.14 bits per heavy atom. The van der Waals surface area contributed by atoms with Crippen LogP contribution in [0, 0.1) is 0 Å². The zero-order valence-corrected chi connectivity index (χ0v) is 13.1. The average Bonchev–Trinajstić information content (AvgIpc) is 2.56. The molecule has 0 bridgehead atoms. The normalized spacial score (nSPS) is 10.5. The Morgan fingerprint density at radius 1 is 0.818 bits per heavy atom. The fourth-order valence-electron chi connectivity index (χ4n) is 2.13. The molecule has 3 rings (SSSR count). The highest BCUT2D eigenvalue weighted by Crippen LogP contribution is 2.27. The van der Waals surface area contributed by atoms with E-state index in [4.69, 9.17) is 11.6 Å². The number of rotatable bonds is 3. The van der Waals surface area contributed by atoms with Gasteiger partial charge in [0, 0.05) is 30.2 Å². The van der Waals surface area contributed by atoms with Crippen LogP contribution in [-0.4, -0.2) is 29.3 Å². The van der Waals surface area contributed by atoms with Crippen molar-refractivity contribution in [3.05, 3.63) is 59.6 Å². The zero-order chi connectivity index (χ0) is 15.5. The molecule has 0 radical (unpaired) electrons. The number of aromatic nitrogens is 3. The molecule has 1 heterocycles. The lowest BCUT2D eigenvalue weighted by Crippen LogP contribution is -2.14. The van der Waals surface area contributed by atoms with E-state index >= 15 is 0 Å². The molecule has 0 aliphatic carbocycles. The van der Waals surface area contributed by atoms with Crippen molar-refractivity contribution in [1.82, 2.24) is 15.2 Å². The maximum absolute atomic E-state index is 5.92. The van der Waals surface area contributed by atoms with Crippen molar-refractivity contribution < 1.29 is 0 Å². The van der Waals surface area contributed by atoms with Crippen LogP contribution in [0.15, 0.2) is 54.6 Å². The third-order valence-corrected chi connectivity index (χ3v) is 3.49. The van der Waals surface area contributed by atoms with E-state index < -0.39 is 0 Å². The summed E-state index contributed by atoms with van der Waals surface area (Å²) in [6, 6.07) is 17.3. The van der Waals surface area contributed by atoms with Crippen molar-refractivity contribution in [3.63, 3.8) is 0 Å². The van der Waals surface area contributed by atoms with Crippen molar-refractivity contribution in [2.75, 3.05) is 19.0 Å². The maximum Gasteiger partial charge on any atom is 0.183 e. The van der Waals surface area contributed by atoms with Crippen molar-refractivity contribution in [2.24, 2.45) is 0 Å². The predicted octanol–water partition coefficient (Wildman–Crippen LogP) is 3.93. The number of anilines is 1. The van der Waals surface area contributed by atoms with Crippen LogP contribution in [0.1, 0.15) is 0 Å². The highest BCUT2D eigenvalue weighted by molar-refractivity contribution is 6.30. The van der Waals surface area contributed by atoms with E-state index in [-0.39, 0.29) is 0 Å². The molecular formula is C17H15ClN4. The lowest BCUT2D eigenvalue weighted by Gasteiger charge is -2.15. The van der Waals surface area contributed by atoms with Crippen LogP contribution in [-0.2, 0) is 0 Å². The molecule has 22 heavy (non-hydrogen) atoms. The number of nitrogens with zero attached hydrogens (tertiary/aromatic N) is 4. The molecule has 0 N–H and O–H groups in total. The second-order valence-corrected chi connectivity index (χ2v) is 5.51. The highest BCUT2D eigenvalue weighted by atomic mass is 35.5. The molecule has 0 spiro atoms. The summed E-state index contributed by atoms with van der Waals surface area (Å²) >= 11 is 5.92. The molecule has 0 saturated heterocycles. The minimum atomic E-state index is 0.583. The first-order valence-corrected chi connectivity index (χ1v) is 7.26. The highest BCUT2D eigenvalue weighted by Gasteiger charge is 2.13. The fraction of sp³-hybridized carbons (Fsp3) is 0.118. The Hall–Kier alpha value is -2.46. The first kappa shape index (κ1) is 14.5. The summed E-state index contributed by atoms with van der Waals surface area (Å²) < 4.78 is 0. The van der Waals surface area contributed by atoms with Gasteiger partial charge in [-0.15, -0.1) is 10.2 Å². The number of halogens is 1. The Balaban J connectivity index is 2.10. The molecular weight excluding hydrogens is 296 g/mol. The fourth-order valence-corrected chi connectivity index (χ4v) is 2.26. The van der Waals surface area contributed by atoms with E-state index in [0.717, 1.165) is 22.6 Å². The molecule has 4 nitrogen and oxygen atoms in total. The van der Waals surface area contributed by atoms with E-state index in [2.05, 4.69) is 15.2 Å². The summed E-state index contributed by atoms with van der Waals surface area (Å²) in [5.41, 5.74) is 2.65. The van der Waals surface area contributed by atoms with Gasteiger partial charge in [0.25, 0.3) is 0 Å². The molecule has 0 atom stereocenters. The van der Waals surface area contributed by atoms with Gasteiger partial charge in [0.05, 0.1) is 0 Å². The SMILES string of the molecule is CN(C)c1nc(-c2ccc(Cl)cc2)nnc1-c1ccccc1. The summed E-state index contributed by atoms with van der Waals surface area (Å²) in [7, 11) is 3.89. The zero-order valence-electron chi connectivity index (χ0n) is 12.4. The van der Waals surface area contributed by atoms with Crippen molar-refractivity contribution in [3.8, 4) is 22.6 Å². The summed E-state index contributed by atoms with van der Waals surface area (Å²) in [5.74, 6) is 1.37. The molecule has 0 unspecified atom stereocenters. The van der Waals surface area contributed by atoms with Crippen molar-refractivity contribution in [2.45, 2.75) is 0 Å². The van der Waals surface area contributed by atoms with Crippen LogP contribution < -0.4 is 4.90 Å². The maximum atomic E-state index is 5.92. The average molecular weight is 311 g/mol. The summed E-state index contributed by atoms with van der Waals surface area (Å²) in [6.07, 6.45) is 0. The van der Waals surface area contributed by atoms with Crippen LogP contribution in [0.25, 0.3) is 22.6 Å². The smallest absolute Gasteiger partial charge is 0.183 e. The van der Waals surface area contributed by atoms with Gasteiger partial charge in [-0.25, -0.2) is 4.98 Å². The summed E-state index contributed by atoms with van der Waals surface area (Å²) in [4.78, 5) is 6.60. The van der Waals surface area contributed by atoms with Gasteiger partial charge in [-0.1, -0.05) is 41.9 Å². The Morgan fingerprint density at radius 2 is 1.50 bits per heavy atom. The lowest BCUT2D eigenvalue weighted by molar-refractivity contribution is 0.951. The molecule has 5 heteroatoms. The monoisotopic (exact) mass is 310 g/mol. The largest absolute Gasteiger partial charge is 0.361 e. The molecule has 1 aromatic heterocycles. The molecule has 3 aromatic rings. The van der Waals surface area contributed by atoms with Crippen LogP contribution in [0.5, 0.6) is 0 Å². The first-order valence-electron chi connectivity index (χ1n) is 6.88. The van der Waals surface area contributed by atoms with Crippen LogP contribution in [0.4, 0.5) is 5.82 Å². The van der Waals surface area contributed by atoms with Gasteiger partial charge in [-0.3, -0.25) is 0 Å². The number of hydrogen-bond acceptors (Lipinski definition) is 4. The molecule has 0 aliphatic rings. The molecule has 0 fully saturated rings. The number of benzene rings is 2. The topological polar surface area (TPSA) is 41.9 Å². The standard InChI is InChI=1S/C17H15ClN4/c1-22(2)17-15(12-6-4-3-5-7-12)20-21-16(19-17)13-8-10-14(18)11-9-13/h3-11H,1-2H3. The van der Waals surface area contributed by atoms with Gasteiger partial charge >= 0.3 is 0 Å². The van der Waals surface area contributed by atoms with Gasteiger partial charge < -0.3 is 4.90 Å². The van der Waals surface area contributed by atoms with Crippen molar-refractivity contribution >= 4 is 17.4 Å². The van der Waals surface area contributed by atoms with Crippen LogP contribution in [0.2, 0.25) is 5.02 Å². The van der Waals surface area contributed by atoms with Gasteiger partial charge in [0.1, 0.15) is 5.69 Å². The Bertz CT molecular complexity index is 770. The van der Waals surface area contributed by atoms with Gasteiger partial charge in [-0.05, 0) is 24.3 Å². The van der Waals surface area contributed by atoms with E-state index in [0.29, 0.717) is 10.8 Å². The van der Waals surface area contributed by atoms with Gasteiger partial charge in [-0.2, -0.15) is 0 Å². The molecule has 110 valence electrons. The van der Waals surface area contributed by atoms with E-state index in [1.807, 2.05) is 73.6 Å². The van der Waals surface area contributed by atoms with Gasteiger partial charge in [0.2, 0.25) is 0 Å². The van der Waals surface area contributed by atoms with Crippen LogP contribution >= 0.6 is 11.6 Å². The van der Waals surface area contributed by atoms with Gasteiger partial charge in [0.15, 0.2) is 11.6 Å². The van der Waals surface area contributed by atoms with Crippen LogP contribution in [0.3, 0.4) is 0 Å². The van der Waals surface area contributed by atoms with E-state index in [9.17, 15) is 0 Å². The minimum Gasteiger partial charge on any atom is -0.361 e. The summed E-state index contributed by atoms with van der Waals surface area (Å²) in [6.45, 7) is 0. The molecule has 0 saturated carbocycles. The predicted molar refractivity (Wildman–Crippen MR) is 90.0 cm³/mol.